The Hall–Kier alpha value is -5.23. The number of H-pyrrole nitrogens is 1. The summed E-state index contributed by atoms with van der Waals surface area (Å²) in [5.41, 5.74) is 3.64. The molecular weight excluding hydrogens is 721 g/mol. The molecule has 1 spiro atoms. The molecule has 0 radical (unpaired) electrons. The molecule has 4 heterocycles. The van der Waals surface area contributed by atoms with Crippen molar-refractivity contribution in [2.75, 3.05) is 30.5 Å². The van der Waals surface area contributed by atoms with Gasteiger partial charge < -0.3 is 34.7 Å². The van der Waals surface area contributed by atoms with Crippen molar-refractivity contribution in [2.45, 2.75) is 75.5 Å². The molecule has 0 saturated carbocycles. The number of ether oxygens (including phenoxy) is 2. The maximum Gasteiger partial charge on any atom is 0.264 e. The van der Waals surface area contributed by atoms with E-state index < -0.39 is 19.8 Å². The lowest BCUT2D eigenvalue weighted by Crippen LogP contribution is -2.52. The molecule has 290 valence electrons. The Labute approximate surface area is 328 Å². The van der Waals surface area contributed by atoms with Crippen LogP contribution in [-0.2, 0) is 37.7 Å². The maximum atomic E-state index is 15.2. The Kier molecular flexibility index (Phi) is 10.1. The van der Waals surface area contributed by atoms with E-state index in [1.807, 2.05) is 96.0 Å². The van der Waals surface area contributed by atoms with Gasteiger partial charge >= 0.3 is 0 Å². The smallest absolute Gasteiger partial charge is 0.264 e. The van der Waals surface area contributed by atoms with Gasteiger partial charge in [0.2, 0.25) is 11.8 Å². The van der Waals surface area contributed by atoms with Crippen LogP contribution in [0.1, 0.15) is 42.9 Å². The summed E-state index contributed by atoms with van der Waals surface area (Å²) in [5, 5.41) is 15.3. The van der Waals surface area contributed by atoms with Crippen LogP contribution in [0.2, 0.25) is 18.6 Å². The molecule has 3 aliphatic heterocycles. The van der Waals surface area contributed by atoms with Crippen molar-refractivity contribution in [1.82, 2.24) is 9.88 Å². The van der Waals surface area contributed by atoms with E-state index >= 15 is 4.79 Å². The second-order valence-electron chi connectivity index (χ2n) is 16.1. The number of carbonyl (C=O) groups excluding carboxylic acids is 3. The number of amides is 3. The van der Waals surface area contributed by atoms with Gasteiger partial charge in [-0.3, -0.25) is 14.4 Å². The summed E-state index contributed by atoms with van der Waals surface area (Å²) in [6.07, 6.45) is 3.35. The zero-order valence-electron chi connectivity index (χ0n) is 32.5. The summed E-state index contributed by atoms with van der Waals surface area (Å²) in [5.74, 6) is 0.199. The molecular formula is C45H50N4O6Si. The van der Waals surface area contributed by atoms with Gasteiger partial charge in [0.05, 0.1) is 59.0 Å². The fourth-order valence-electron chi connectivity index (χ4n) is 9.85. The molecule has 2 fully saturated rings. The third kappa shape index (κ3) is 6.51. The van der Waals surface area contributed by atoms with Crippen LogP contribution in [0.15, 0.2) is 103 Å². The molecule has 1 aromatic heterocycles. The van der Waals surface area contributed by atoms with Crippen molar-refractivity contribution < 1.29 is 29.0 Å². The van der Waals surface area contributed by atoms with Crippen LogP contribution >= 0.6 is 0 Å². The molecule has 0 bridgehead atoms. The molecule has 5 aromatic rings. The van der Waals surface area contributed by atoms with Crippen LogP contribution in [0.25, 0.3) is 10.9 Å². The van der Waals surface area contributed by atoms with Crippen LogP contribution in [0.3, 0.4) is 0 Å². The molecule has 0 aliphatic carbocycles. The quantitative estimate of drug-likeness (QED) is 0.132. The van der Waals surface area contributed by atoms with Gasteiger partial charge in [0, 0.05) is 40.8 Å². The van der Waals surface area contributed by atoms with Gasteiger partial charge in [0.1, 0.15) is 5.75 Å². The first kappa shape index (κ1) is 37.7. The lowest BCUT2D eigenvalue weighted by atomic mass is 9.82. The lowest BCUT2D eigenvalue weighted by molar-refractivity contribution is -0.150. The predicted octanol–water partition coefficient (Wildman–Crippen LogP) is 6.49. The summed E-state index contributed by atoms with van der Waals surface area (Å²) in [6, 6.07) is 31.4. The number of fused-ring (bicyclic) bond motifs is 3. The monoisotopic (exact) mass is 770 g/mol. The van der Waals surface area contributed by atoms with Crippen molar-refractivity contribution in [3.63, 3.8) is 0 Å². The number of nitrogens with zero attached hydrogens (tertiary/aromatic N) is 2. The number of aliphatic hydroxyl groups excluding tert-OH is 1. The fraction of sp³-hybridized carbons (Fsp3) is 0.356. The number of aromatic amines is 1. The first-order valence-corrected chi connectivity index (χ1v) is 22.7. The largest absolute Gasteiger partial charge is 0.497 e. The van der Waals surface area contributed by atoms with Gasteiger partial charge in [0.15, 0.2) is 5.60 Å². The molecule has 3 amide bonds. The first-order valence-electron chi connectivity index (χ1n) is 19.6. The Morgan fingerprint density at radius 2 is 1.79 bits per heavy atom. The van der Waals surface area contributed by atoms with Crippen LogP contribution in [0.5, 0.6) is 5.75 Å². The van der Waals surface area contributed by atoms with E-state index in [0.717, 1.165) is 51.9 Å². The lowest BCUT2D eigenvalue weighted by Gasteiger charge is -2.37. The molecule has 3 N–H and O–H groups in total. The van der Waals surface area contributed by atoms with Crippen LogP contribution in [0.4, 0.5) is 11.4 Å². The summed E-state index contributed by atoms with van der Waals surface area (Å²) in [4.78, 5) is 49.4. The molecule has 10 nitrogen and oxygen atoms in total. The second kappa shape index (κ2) is 15.0. The number of methoxy groups -OCH3 is 1. The minimum atomic E-state index is -2.46. The molecule has 11 heteroatoms. The average Bonchev–Trinajstić information content (AvgIpc) is 3.97. The van der Waals surface area contributed by atoms with E-state index in [4.69, 9.17) is 9.47 Å². The SMILES string of the molecule is COc1ccc([Si](C)(C)[C@@H]2[C@@H](CC(=O)N3CCC[C@H]3CO)O[C@]3(C(=O)N(Cc4cccc(NC(=O)Cc5c[nH]c6ccccc56)c4)c4ccccc43)[C@H]2C)cc1. The Morgan fingerprint density at radius 3 is 2.57 bits per heavy atom. The summed E-state index contributed by atoms with van der Waals surface area (Å²) < 4.78 is 12.7. The fourth-order valence-corrected chi connectivity index (χ4v) is 13.9. The third-order valence-electron chi connectivity index (χ3n) is 12.6. The van der Waals surface area contributed by atoms with E-state index in [1.54, 1.807) is 12.0 Å². The second-order valence-corrected chi connectivity index (χ2v) is 20.8. The van der Waals surface area contributed by atoms with Gasteiger partial charge in [-0.2, -0.15) is 0 Å². The van der Waals surface area contributed by atoms with Crippen LogP contribution < -0.4 is 20.1 Å². The van der Waals surface area contributed by atoms with Crippen LogP contribution in [-0.4, -0.2) is 73.2 Å². The minimum Gasteiger partial charge on any atom is -0.497 e. The van der Waals surface area contributed by atoms with Crippen molar-refractivity contribution in [1.29, 1.82) is 0 Å². The number of para-hydroxylation sites is 2. The van der Waals surface area contributed by atoms with E-state index in [9.17, 15) is 14.7 Å². The molecule has 4 aromatic carbocycles. The summed E-state index contributed by atoms with van der Waals surface area (Å²) >= 11 is 0. The normalized spacial score (nSPS) is 23.3. The summed E-state index contributed by atoms with van der Waals surface area (Å²) in [6.45, 7) is 7.57. The van der Waals surface area contributed by atoms with E-state index in [1.165, 1.54) is 5.19 Å². The number of carbonyl (C=O) groups is 3. The van der Waals surface area contributed by atoms with Crippen molar-refractivity contribution in [2.24, 2.45) is 5.92 Å². The number of hydrogen-bond acceptors (Lipinski definition) is 6. The highest BCUT2D eigenvalue weighted by Crippen LogP contribution is 2.60. The van der Waals surface area contributed by atoms with Crippen molar-refractivity contribution >= 4 is 53.3 Å². The van der Waals surface area contributed by atoms with E-state index in [0.29, 0.717) is 12.2 Å². The Morgan fingerprint density at radius 1 is 1.02 bits per heavy atom. The zero-order valence-corrected chi connectivity index (χ0v) is 33.5. The number of anilines is 2. The highest BCUT2D eigenvalue weighted by atomic mass is 28.3. The summed E-state index contributed by atoms with van der Waals surface area (Å²) in [7, 11) is -0.802. The standard InChI is InChI=1S/C45H50N4O6Si/c1-29-43(56(3,4)35-20-18-34(54-2)19-21-35)40(25-42(52)48-22-10-13-33(48)28-50)55-45(29)37-15-6-8-17-39(37)49(44(45)53)27-30-11-9-12-32(23-30)47-41(51)24-31-26-46-38-16-7-5-14-36(31)38/h5-9,11-12,14-21,23,26,29,33,40,43,46,50H,10,13,22,24-25,27-28H2,1-4H3,(H,47,51)/t29-,33-,40+,43-,45+/m0/s1. The number of rotatable bonds is 11. The molecule has 8 rings (SSSR count). The zero-order chi connectivity index (χ0) is 39.2. The van der Waals surface area contributed by atoms with Crippen LogP contribution in [0, 0.1) is 5.92 Å². The highest BCUT2D eigenvalue weighted by molar-refractivity contribution is 6.91. The number of nitrogens with one attached hydrogen (secondary N) is 2. The van der Waals surface area contributed by atoms with Gasteiger partial charge in [0.25, 0.3) is 5.91 Å². The van der Waals surface area contributed by atoms with Gasteiger partial charge in [-0.15, -0.1) is 0 Å². The minimum absolute atomic E-state index is 0.0422. The molecule has 0 unspecified atom stereocenters. The van der Waals surface area contributed by atoms with Gasteiger partial charge in [-0.25, -0.2) is 0 Å². The molecule has 2 saturated heterocycles. The van der Waals surface area contributed by atoms with Gasteiger partial charge in [-0.05, 0) is 65.9 Å². The van der Waals surface area contributed by atoms with E-state index in [-0.39, 0.29) is 61.2 Å². The highest BCUT2D eigenvalue weighted by Gasteiger charge is 2.66. The van der Waals surface area contributed by atoms with Crippen molar-refractivity contribution in [3.05, 3.63) is 120 Å². The Balaban J connectivity index is 1.09. The number of hydrogen-bond donors (Lipinski definition) is 3. The number of aromatic nitrogens is 1. The Bertz CT molecular complexity index is 2270. The third-order valence-corrected chi connectivity index (χ3v) is 17.0. The molecule has 3 aliphatic rings. The first-order chi connectivity index (χ1) is 27.0. The number of aliphatic hydroxyl groups is 1. The number of benzene rings is 4. The molecule has 56 heavy (non-hydrogen) atoms. The predicted molar refractivity (Wildman–Crippen MR) is 221 cm³/mol. The topological polar surface area (TPSA) is 124 Å². The van der Waals surface area contributed by atoms with Crippen molar-refractivity contribution in [3.8, 4) is 5.75 Å². The number of likely N-dealkylation sites (tertiary alicyclic amines) is 1. The molecule has 5 atom stereocenters. The van der Waals surface area contributed by atoms with E-state index in [2.05, 4.69) is 42.5 Å². The van der Waals surface area contributed by atoms with Gasteiger partial charge in [-0.1, -0.05) is 85.9 Å². The maximum absolute atomic E-state index is 15.2. The average molecular weight is 771 g/mol.